The van der Waals surface area contributed by atoms with Crippen molar-refractivity contribution < 1.29 is 57.3 Å². The maximum absolute atomic E-state index is 13.7. The molecule has 1 fully saturated rings. The summed E-state index contributed by atoms with van der Waals surface area (Å²) >= 11 is 14.0. The predicted octanol–water partition coefficient (Wildman–Crippen LogP) is 15.4. The predicted molar refractivity (Wildman–Crippen MR) is 329 cm³/mol. The van der Waals surface area contributed by atoms with E-state index in [9.17, 15) is 47.0 Å². The number of thioether (sulfide) groups is 2. The molecule has 13 nitrogen and oxygen atoms in total. The highest BCUT2D eigenvalue weighted by molar-refractivity contribution is 7.98. The number of aromatic carboxylic acids is 3. The molecule has 7 aromatic carbocycles. The van der Waals surface area contributed by atoms with Crippen LogP contribution in [0.1, 0.15) is 120 Å². The number of aromatic nitrogens is 1. The van der Waals surface area contributed by atoms with Gasteiger partial charge in [-0.25, -0.2) is 14.4 Å². The standard InChI is InChI=1S/C41H37F3N4O4S.C16H14O4S.C8H6Cl2O/c42-41(43,44)33-12-6-7-27(21-33)24-46-38(49)31-15-16-45-37(22-31)35-23-34(48-17-2-1-3-18-48)13-14-36(35)47-39(50)30-10-4-8-28(19-30)25-53-26-29-9-5-11-32(20-29)40(51)52;17-15(18)13-5-1-3-11(7-13)9-21-10-12-4-2-6-14(8-12)16(19)20;9-5-6-2-1-3-7(4-6)8(10)11/h4-16,19-23H,1-3,17-18,24-26H2,(H,46,49)(H,47,50)(H,51,52);1-8H,9-10H2,(H,17,18)(H,19,20);1-4H,5H2. The fourth-order valence-electron chi connectivity index (χ4n) is 8.79. The third-order valence-electron chi connectivity index (χ3n) is 13.1. The van der Waals surface area contributed by atoms with Gasteiger partial charge in [-0.3, -0.25) is 19.4 Å². The van der Waals surface area contributed by atoms with Gasteiger partial charge in [0.15, 0.2) is 0 Å². The van der Waals surface area contributed by atoms with Gasteiger partial charge >= 0.3 is 24.1 Å². The monoisotopic (exact) mass is 1230 g/mol. The second-order valence-corrected chi connectivity index (χ2v) is 21.9. The molecule has 8 aromatic rings. The molecule has 2 heterocycles. The molecule has 1 saturated heterocycles. The Bertz CT molecular complexity index is 3620. The van der Waals surface area contributed by atoms with E-state index < -0.39 is 40.8 Å². The number of hydrogen-bond acceptors (Lipinski definition) is 10. The van der Waals surface area contributed by atoms with Crippen LogP contribution in [-0.4, -0.2) is 68.4 Å². The number of pyridine rings is 1. The number of anilines is 2. The van der Waals surface area contributed by atoms with Crippen LogP contribution >= 0.6 is 46.7 Å². The third-order valence-corrected chi connectivity index (χ3v) is 15.7. The van der Waals surface area contributed by atoms with Crippen LogP contribution in [-0.2, 0) is 41.6 Å². The summed E-state index contributed by atoms with van der Waals surface area (Å²) in [4.78, 5) is 77.5. The van der Waals surface area contributed by atoms with Gasteiger partial charge in [0.05, 0.1) is 33.6 Å². The lowest BCUT2D eigenvalue weighted by atomic mass is 10.0. The second-order valence-electron chi connectivity index (χ2n) is 19.4. The van der Waals surface area contributed by atoms with Crippen LogP contribution in [0.3, 0.4) is 0 Å². The summed E-state index contributed by atoms with van der Waals surface area (Å²) < 4.78 is 39.6. The first-order valence-electron chi connectivity index (χ1n) is 26.5. The van der Waals surface area contributed by atoms with Crippen molar-refractivity contribution in [3.05, 3.63) is 254 Å². The van der Waals surface area contributed by atoms with E-state index in [1.165, 1.54) is 24.4 Å². The summed E-state index contributed by atoms with van der Waals surface area (Å²) in [5.41, 5.74) is 8.68. The van der Waals surface area contributed by atoms with Crippen LogP contribution in [0.4, 0.5) is 24.5 Å². The van der Waals surface area contributed by atoms with Gasteiger partial charge in [-0.05, 0) is 161 Å². The summed E-state index contributed by atoms with van der Waals surface area (Å²) in [6.07, 6.45) is 0.296. The summed E-state index contributed by atoms with van der Waals surface area (Å²) in [5, 5.41) is 32.4. The zero-order valence-corrected chi connectivity index (χ0v) is 48.6. The van der Waals surface area contributed by atoms with Gasteiger partial charge in [0.25, 0.3) is 17.1 Å². The average Bonchev–Trinajstić information content (AvgIpc) is 3.71. The quantitative estimate of drug-likeness (QED) is 0.0356. The van der Waals surface area contributed by atoms with Crippen molar-refractivity contribution >= 4 is 93.1 Å². The van der Waals surface area contributed by atoms with Crippen LogP contribution < -0.4 is 15.5 Å². The Morgan fingerprint density at radius 1 is 0.518 bits per heavy atom. The molecular formula is C65H57Cl2F3N4O9S2. The Balaban J connectivity index is 0.000000262. The highest BCUT2D eigenvalue weighted by atomic mass is 35.5. The Kier molecular flexibility index (Phi) is 23.7. The van der Waals surface area contributed by atoms with E-state index in [1.54, 1.807) is 108 Å². The summed E-state index contributed by atoms with van der Waals surface area (Å²) in [6, 6.07) is 48.4. The average molecular weight is 1230 g/mol. The number of hydrogen-bond donors (Lipinski definition) is 5. The zero-order valence-electron chi connectivity index (χ0n) is 45.5. The smallest absolute Gasteiger partial charge is 0.416 e. The molecular weight excluding hydrogens is 1170 g/mol. The lowest BCUT2D eigenvalue weighted by Gasteiger charge is -2.29. The molecule has 0 aliphatic carbocycles. The molecule has 5 N–H and O–H groups in total. The Hall–Kier alpha value is -8.42. The molecule has 0 saturated carbocycles. The molecule has 438 valence electrons. The van der Waals surface area contributed by atoms with Crippen LogP contribution in [0.25, 0.3) is 11.3 Å². The van der Waals surface area contributed by atoms with Crippen molar-refractivity contribution in [3.8, 4) is 11.3 Å². The van der Waals surface area contributed by atoms with Gasteiger partial charge < -0.3 is 30.9 Å². The number of carboxylic acids is 3. The number of halogens is 5. The molecule has 0 atom stereocenters. The highest BCUT2D eigenvalue weighted by Crippen LogP contribution is 2.34. The van der Waals surface area contributed by atoms with Crippen LogP contribution in [0.15, 0.2) is 182 Å². The van der Waals surface area contributed by atoms with Crippen LogP contribution in [0, 0.1) is 0 Å². The minimum absolute atomic E-state index is 0.0956. The maximum atomic E-state index is 13.7. The van der Waals surface area contributed by atoms with Crippen LogP contribution in [0.5, 0.6) is 0 Å². The number of carbonyl (C=O) groups is 6. The Morgan fingerprint density at radius 3 is 1.48 bits per heavy atom. The molecule has 1 aromatic heterocycles. The second kappa shape index (κ2) is 31.5. The Morgan fingerprint density at radius 2 is 0.976 bits per heavy atom. The minimum atomic E-state index is -4.49. The molecule has 0 radical (unpaired) electrons. The van der Waals surface area contributed by atoms with E-state index in [-0.39, 0.29) is 34.7 Å². The van der Waals surface area contributed by atoms with Crippen molar-refractivity contribution in [1.29, 1.82) is 0 Å². The lowest BCUT2D eigenvalue weighted by Crippen LogP contribution is -2.29. The molecule has 9 rings (SSSR count). The van der Waals surface area contributed by atoms with Crippen molar-refractivity contribution in [2.45, 2.75) is 60.9 Å². The summed E-state index contributed by atoms with van der Waals surface area (Å²) in [7, 11) is 0. The zero-order chi connectivity index (χ0) is 60.9. The van der Waals surface area contributed by atoms with Gasteiger partial charge in [0, 0.05) is 82.7 Å². The summed E-state index contributed by atoms with van der Waals surface area (Å²) in [6.45, 7) is 1.69. The fourth-order valence-corrected chi connectivity index (χ4v) is 10.9. The van der Waals surface area contributed by atoms with Crippen molar-refractivity contribution in [2.24, 2.45) is 0 Å². The van der Waals surface area contributed by atoms with E-state index in [1.807, 2.05) is 60.7 Å². The van der Waals surface area contributed by atoms with E-state index in [4.69, 9.17) is 33.4 Å². The first kappa shape index (κ1) is 64.1. The largest absolute Gasteiger partial charge is 0.478 e. The number of carboxylic acid groups (broad SMARTS) is 3. The van der Waals surface area contributed by atoms with Crippen molar-refractivity contribution in [3.63, 3.8) is 0 Å². The molecule has 0 spiro atoms. The number of carbonyl (C=O) groups excluding carboxylic acids is 3. The van der Waals surface area contributed by atoms with Gasteiger partial charge in [0.2, 0.25) is 0 Å². The number of piperidine rings is 1. The summed E-state index contributed by atoms with van der Waals surface area (Å²) in [5.74, 6) is -0.663. The Labute approximate surface area is 507 Å². The van der Waals surface area contributed by atoms with E-state index >= 15 is 0 Å². The molecule has 85 heavy (non-hydrogen) atoms. The minimum Gasteiger partial charge on any atom is -0.478 e. The number of nitrogens with zero attached hydrogens (tertiary/aromatic N) is 2. The molecule has 1 aliphatic rings. The van der Waals surface area contributed by atoms with E-state index in [0.29, 0.717) is 62.5 Å². The highest BCUT2D eigenvalue weighted by Gasteiger charge is 2.30. The van der Waals surface area contributed by atoms with Gasteiger partial charge in [-0.1, -0.05) is 78.9 Å². The van der Waals surface area contributed by atoms with Crippen molar-refractivity contribution in [1.82, 2.24) is 10.3 Å². The molecule has 1 aliphatic heterocycles. The normalized spacial score (nSPS) is 11.9. The SMILES string of the molecule is O=C(Cl)c1cccc(CCl)c1.O=C(O)c1cccc(CSCc2cccc(C(=O)Nc3ccc(N4CCCCC4)cc3-c3cc(C(=O)NCc4cccc(C(F)(F)F)c4)ccn3)c2)c1.O=C(O)c1cccc(CSCc2cccc(C(=O)O)c2)c1. The molecule has 0 bridgehead atoms. The third kappa shape index (κ3) is 19.8. The topological polar surface area (TPSA) is 203 Å². The van der Waals surface area contributed by atoms with E-state index in [0.717, 1.165) is 78.0 Å². The van der Waals surface area contributed by atoms with Gasteiger partial charge in [0.1, 0.15) is 0 Å². The van der Waals surface area contributed by atoms with Gasteiger partial charge in [-0.15, -0.1) is 11.6 Å². The van der Waals surface area contributed by atoms with Gasteiger partial charge in [-0.2, -0.15) is 36.7 Å². The maximum Gasteiger partial charge on any atom is 0.416 e. The van der Waals surface area contributed by atoms with Crippen molar-refractivity contribution in [2.75, 3.05) is 23.3 Å². The van der Waals surface area contributed by atoms with Crippen LogP contribution in [0.2, 0.25) is 0 Å². The first-order valence-corrected chi connectivity index (χ1v) is 29.7. The number of benzene rings is 7. The molecule has 20 heteroatoms. The van der Waals surface area contributed by atoms with E-state index in [2.05, 4.69) is 20.5 Å². The molecule has 2 amide bonds. The lowest BCUT2D eigenvalue weighted by molar-refractivity contribution is -0.137. The fraction of sp³-hybridized carbons (Fsp3) is 0.185. The first-order chi connectivity index (χ1) is 40.8. The molecule has 0 unspecified atom stereocenters. The number of alkyl halides is 4. The number of nitrogens with one attached hydrogen (secondary N) is 2. The number of amides is 2. The number of rotatable bonds is 20.